The Hall–Kier alpha value is -0.180. The average Bonchev–Trinajstić information content (AvgIpc) is 2.89. The number of hydrogen-bond donors (Lipinski definition) is 2. The third-order valence-corrected chi connectivity index (χ3v) is 7.82. The summed E-state index contributed by atoms with van der Waals surface area (Å²) < 4.78 is 0. The summed E-state index contributed by atoms with van der Waals surface area (Å²) in [7, 11) is 0. The summed E-state index contributed by atoms with van der Waals surface area (Å²) in [5, 5.41) is 8.56. The number of unbranched alkanes of at least 4 members (excludes halogenated alkanes) is 27. The molecule has 0 aromatic carbocycles. The summed E-state index contributed by atoms with van der Waals surface area (Å²) in [6, 6.07) is 0. The van der Waals surface area contributed by atoms with Crippen LogP contribution in [0.2, 0.25) is 0 Å². The van der Waals surface area contributed by atoms with Crippen LogP contribution in [0.5, 0.6) is 0 Å². The van der Waals surface area contributed by atoms with Crippen molar-refractivity contribution in [2.24, 2.45) is 0 Å². The van der Waals surface area contributed by atoms with Gasteiger partial charge in [-0.15, -0.1) is 0 Å². The van der Waals surface area contributed by atoms with E-state index in [2.05, 4.69) is 26.5 Å². The van der Waals surface area contributed by atoms with Crippen molar-refractivity contribution in [3.63, 3.8) is 0 Å². The molecule has 0 aliphatic carbocycles. The van der Waals surface area contributed by atoms with Crippen LogP contribution in [-0.4, -0.2) is 16.8 Å². The summed E-state index contributed by atoms with van der Waals surface area (Å²) in [5.41, 5.74) is 0. The van der Waals surface area contributed by atoms with Crippen LogP contribution >= 0.6 is 12.6 Å². The number of carbonyl (C=O) groups is 1. The molecule has 0 unspecified atom stereocenters. The van der Waals surface area contributed by atoms with Gasteiger partial charge in [0.2, 0.25) is 0 Å². The Kier molecular flexibility index (Phi) is 40.0. The molecule has 37 heavy (non-hydrogen) atoms. The highest BCUT2D eigenvalue weighted by Crippen LogP contribution is 2.15. The fourth-order valence-corrected chi connectivity index (χ4v) is 5.18. The first-order chi connectivity index (χ1) is 18.2. The summed E-state index contributed by atoms with van der Waals surface area (Å²) in [6.07, 6.45) is 40.3. The lowest BCUT2D eigenvalue weighted by Gasteiger charge is -2.03. The highest BCUT2D eigenvalue weighted by molar-refractivity contribution is 7.80. The number of aliphatic carboxylic acids is 1. The molecule has 0 aromatic rings. The van der Waals surface area contributed by atoms with Crippen LogP contribution in [0.4, 0.5) is 0 Å². The van der Waals surface area contributed by atoms with Crippen molar-refractivity contribution < 1.29 is 9.90 Å². The maximum atomic E-state index is 10.4. The van der Waals surface area contributed by atoms with Gasteiger partial charge < -0.3 is 5.11 Å². The first kappa shape index (κ1) is 39.0. The third kappa shape index (κ3) is 43.1. The number of thiol groups is 1. The molecule has 1 N–H and O–H groups in total. The van der Waals surface area contributed by atoms with E-state index >= 15 is 0 Å². The molecular formula is C34H70O2S. The van der Waals surface area contributed by atoms with E-state index in [0.29, 0.717) is 6.42 Å². The molecule has 0 amide bonds. The van der Waals surface area contributed by atoms with Crippen molar-refractivity contribution in [3.8, 4) is 0 Å². The second-order valence-electron chi connectivity index (χ2n) is 11.4. The van der Waals surface area contributed by atoms with Gasteiger partial charge in [0.25, 0.3) is 0 Å². The number of carboxylic acid groups (broad SMARTS) is 1. The standard InChI is InChI=1S/C22H44O2.C12H26S/c1-2-3-4-5-6-7-8-9-10-11-12-13-14-15-16-17-18-19-20-21-22(23)24;1-2-3-4-5-6-7-8-9-10-11-12-13/h2-21H2,1H3,(H,23,24);13H,2-12H2,1H3. The summed E-state index contributed by atoms with van der Waals surface area (Å²) in [6.45, 7) is 4.56. The maximum Gasteiger partial charge on any atom is 0.303 e. The zero-order chi connectivity index (χ0) is 27.5. The highest BCUT2D eigenvalue weighted by Gasteiger charge is 1.97. The molecule has 0 spiro atoms. The van der Waals surface area contributed by atoms with Crippen molar-refractivity contribution in [1.29, 1.82) is 0 Å². The Morgan fingerprint density at radius 1 is 0.405 bits per heavy atom. The quantitative estimate of drug-likeness (QED) is 0.0699. The number of hydrogen-bond acceptors (Lipinski definition) is 2. The predicted molar refractivity (Wildman–Crippen MR) is 171 cm³/mol. The van der Waals surface area contributed by atoms with Gasteiger partial charge >= 0.3 is 5.97 Å². The number of rotatable bonds is 30. The Balaban J connectivity index is 0. The molecule has 3 heteroatoms. The van der Waals surface area contributed by atoms with E-state index in [0.717, 1.165) is 18.6 Å². The van der Waals surface area contributed by atoms with E-state index in [4.69, 9.17) is 5.11 Å². The van der Waals surface area contributed by atoms with Gasteiger partial charge in [0, 0.05) is 6.42 Å². The molecule has 224 valence electrons. The molecule has 0 radical (unpaired) electrons. The monoisotopic (exact) mass is 543 g/mol. The molecule has 0 fully saturated rings. The second kappa shape index (κ2) is 38.0. The van der Waals surface area contributed by atoms with Crippen molar-refractivity contribution >= 4 is 18.6 Å². The molecule has 2 nitrogen and oxygen atoms in total. The summed E-state index contributed by atoms with van der Waals surface area (Å²) in [4.78, 5) is 10.4. The fourth-order valence-electron chi connectivity index (χ4n) is 4.95. The van der Waals surface area contributed by atoms with Crippen molar-refractivity contribution in [2.45, 2.75) is 206 Å². The lowest BCUT2D eigenvalue weighted by atomic mass is 10.0. The average molecular weight is 543 g/mol. The van der Waals surface area contributed by atoms with Crippen LogP contribution in [0, 0.1) is 0 Å². The molecule has 0 rings (SSSR count). The molecule has 0 saturated heterocycles. The van der Waals surface area contributed by atoms with Gasteiger partial charge in [-0.05, 0) is 18.6 Å². The first-order valence-corrected chi connectivity index (χ1v) is 17.6. The minimum absolute atomic E-state index is 0.346. The van der Waals surface area contributed by atoms with E-state index in [1.165, 1.54) is 173 Å². The Morgan fingerprint density at radius 2 is 0.622 bits per heavy atom. The van der Waals surface area contributed by atoms with Gasteiger partial charge in [-0.3, -0.25) is 4.79 Å². The minimum atomic E-state index is -0.651. The molecule has 0 bridgehead atoms. The zero-order valence-corrected chi connectivity index (χ0v) is 26.6. The fraction of sp³-hybridized carbons (Fsp3) is 0.971. The van der Waals surface area contributed by atoms with E-state index in [-0.39, 0.29) is 0 Å². The van der Waals surface area contributed by atoms with Gasteiger partial charge in [-0.25, -0.2) is 0 Å². The SMILES string of the molecule is CCCCCCCCCCCCCCCCCCCCCC(=O)O.CCCCCCCCCCCCS. The number of carboxylic acids is 1. The van der Waals surface area contributed by atoms with Crippen LogP contribution in [0.25, 0.3) is 0 Å². The van der Waals surface area contributed by atoms with Crippen LogP contribution in [0.1, 0.15) is 206 Å². The normalized spacial score (nSPS) is 10.9. The Labute approximate surface area is 240 Å². The topological polar surface area (TPSA) is 37.3 Å². The van der Waals surface area contributed by atoms with Crippen molar-refractivity contribution in [1.82, 2.24) is 0 Å². The maximum absolute atomic E-state index is 10.4. The van der Waals surface area contributed by atoms with Crippen molar-refractivity contribution in [3.05, 3.63) is 0 Å². The summed E-state index contributed by atoms with van der Waals surface area (Å²) >= 11 is 4.20. The largest absolute Gasteiger partial charge is 0.481 e. The zero-order valence-electron chi connectivity index (χ0n) is 25.7. The van der Waals surface area contributed by atoms with Crippen LogP contribution in [-0.2, 0) is 4.79 Å². The van der Waals surface area contributed by atoms with Gasteiger partial charge in [0.1, 0.15) is 0 Å². The molecule has 0 saturated carbocycles. The van der Waals surface area contributed by atoms with E-state index in [1.807, 2.05) is 0 Å². The second-order valence-corrected chi connectivity index (χ2v) is 11.9. The smallest absolute Gasteiger partial charge is 0.303 e. The molecule has 0 aliphatic heterocycles. The van der Waals surface area contributed by atoms with Crippen LogP contribution in [0.3, 0.4) is 0 Å². The molecule has 0 aromatic heterocycles. The predicted octanol–water partition coefficient (Wildman–Crippen LogP) is 12.7. The minimum Gasteiger partial charge on any atom is -0.481 e. The Morgan fingerprint density at radius 3 is 0.838 bits per heavy atom. The lowest BCUT2D eigenvalue weighted by molar-refractivity contribution is -0.137. The highest BCUT2D eigenvalue weighted by atomic mass is 32.1. The van der Waals surface area contributed by atoms with Gasteiger partial charge in [0.15, 0.2) is 0 Å². The third-order valence-electron chi connectivity index (χ3n) is 7.51. The molecule has 0 heterocycles. The van der Waals surface area contributed by atoms with Gasteiger partial charge in [0.05, 0.1) is 0 Å². The van der Waals surface area contributed by atoms with E-state index in [9.17, 15) is 4.79 Å². The molecule has 0 atom stereocenters. The Bertz CT molecular complexity index is 389. The van der Waals surface area contributed by atoms with Gasteiger partial charge in [-0.2, -0.15) is 12.6 Å². The van der Waals surface area contributed by atoms with Gasteiger partial charge in [-0.1, -0.05) is 187 Å². The first-order valence-electron chi connectivity index (χ1n) is 17.0. The van der Waals surface area contributed by atoms with E-state index in [1.54, 1.807) is 0 Å². The van der Waals surface area contributed by atoms with Crippen LogP contribution < -0.4 is 0 Å². The summed E-state index contributed by atoms with van der Waals surface area (Å²) in [5.74, 6) is 0.415. The van der Waals surface area contributed by atoms with Crippen LogP contribution in [0.15, 0.2) is 0 Å². The lowest BCUT2D eigenvalue weighted by Crippen LogP contribution is -1.93. The molecular weight excluding hydrogens is 472 g/mol. The van der Waals surface area contributed by atoms with E-state index < -0.39 is 5.97 Å². The molecule has 0 aliphatic rings. The van der Waals surface area contributed by atoms with Crippen molar-refractivity contribution in [2.75, 3.05) is 5.75 Å².